The van der Waals surface area contributed by atoms with Crippen molar-refractivity contribution in [3.63, 3.8) is 0 Å². The van der Waals surface area contributed by atoms with E-state index in [1.165, 1.54) is 0 Å². The Hall–Kier alpha value is -1.10. The van der Waals surface area contributed by atoms with Crippen molar-refractivity contribution < 1.29 is 9.53 Å². The molecule has 1 aliphatic rings. The minimum Gasteiger partial charge on any atom is -0.381 e. The van der Waals surface area contributed by atoms with Gasteiger partial charge in [-0.05, 0) is 31.4 Å². The standard InChI is InChI=1S/C16H23ClN2O2/c1-12(18)10-15(20)19-11-16(6-8-21-9-7-16)13-4-2-3-5-14(13)17/h2-5,12H,6-11,18H2,1H3,(H,19,20). The van der Waals surface area contributed by atoms with Crippen molar-refractivity contribution in [2.24, 2.45) is 5.73 Å². The van der Waals surface area contributed by atoms with Crippen LogP contribution in [0.3, 0.4) is 0 Å². The van der Waals surface area contributed by atoms with E-state index in [2.05, 4.69) is 5.32 Å². The van der Waals surface area contributed by atoms with Crippen LogP contribution < -0.4 is 11.1 Å². The van der Waals surface area contributed by atoms with E-state index in [-0.39, 0.29) is 17.4 Å². The molecular formula is C16H23ClN2O2. The number of halogens is 1. The molecule has 1 aromatic rings. The van der Waals surface area contributed by atoms with Crippen LogP contribution in [0.1, 0.15) is 31.7 Å². The number of rotatable bonds is 5. The lowest BCUT2D eigenvalue weighted by molar-refractivity contribution is -0.121. The first-order valence-corrected chi connectivity index (χ1v) is 7.76. The van der Waals surface area contributed by atoms with Gasteiger partial charge in [0.15, 0.2) is 0 Å². The number of ether oxygens (including phenoxy) is 1. The van der Waals surface area contributed by atoms with Gasteiger partial charge < -0.3 is 15.8 Å². The number of benzene rings is 1. The van der Waals surface area contributed by atoms with Crippen LogP contribution in [0.25, 0.3) is 0 Å². The predicted molar refractivity (Wildman–Crippen MR) is 84.5 cm³/mol. The molecule has 1 heterocycles. The summed E-state index contributed by atoms with van der Waals surface area (Å²) in [4.78, 5) is 11.9. The molecule has 5 heteroatoms. The lowest BCUT2D eigenvalue weighted by atomic mass is 9.74. The van der Waals surface area contributed by atoms with Crippen molar-refractivity contribution in [2.45, 2.75) is 37.6 Å². The van der Waals surface area contributed by atoms with Gasteiger partial charge in [0.1, 0.15) is 0 Å². The molecule has 4 nitrogen and oxygen atoms in total. The lowest BCUT2D eigenvalue weighted by Crippen LogP contribution is -2.45. The van der Waals surface area contributed by atoms with Gasteiger partial charge in [-0.3, -0.25) is 4.79 Å². The van der Waals surface area contributed by atoms with Crippen LogP contribution >= 0.6 is 11.6 Å². The smallest absolute Gasteiger partial charge is 0.221 e. The molecule has 1 atom stereocenters. The summed E-state index contributed by atoms with van der Waals surface area (Å²) in [6.07, 6.45) is 2.06. The Bertz CT molecular complexity index is 485. The Balaban J connectivity index is 2.14. The molecule has 1 unspecified atom stereocenters. The third kappa shape index (κ3) is 4.19. The third-order valence-electron chi connectivity index (χ3n) is 4.03. The largest absolute Gasteiger partial charge is 0.381 e. The maximum absolute atomic E-state index is 11.9. The molecule has 21 heavy (non-hydrogen) atoms. The summed E-state index contributed by atoms with van der Waals surface area (Å²) in [5.41, 5.74) is 6.61. The van der Waals surface area contributed by atoms with Gasteiger partial charge >= 0.3 is 0 Å². The normalized spacial score (nSPS) is 19.0. The summed E-state index contributed by atoms with van der Waals surface area (Å²) in [6.45, 7) is 3.78. The molecular weight excluding hydrogens is 288 g/mol. The van der Waals surface area contributed by atoms with Gasteiger partial charge in [-0.25, -0.2) is 0 Å². The van der Waals surface area contributed by atoms with Crippen LogP contribution in [0.15, 0.2) is 24.3 Å². The molecule has 0 aliphatic carbocycles. The Kier molecular flexibility index (Phi) is 5.62. The van der Waals surface area contributed by atoms with Gasteiger partial charge in [-0.2, -0.15) is 0 Å². The van der Waals surface area contributed by atoms with Crippen LogP contribution in [0, 0.1) is 0 Å². The van der Waals surface area contributed by atoms with Crippen LogP contribution in [-0.4, -0.2) is 31.7 Å². The molecule has 0 spiro atoms. The minimum atomic E-state index is -0.149. The van der Waals surface area contributed by atoms with E-state index in [4.69, 9.17) is 22.1 Å². The minimum absolute atomic E-state index is 0.0112. The van der Waals surface area contributed by atoms with E-state index >= 15 is 0 Å². The molecule has 0 saturated carbocycles. The highest BCUT2D eigenvalue weighted by molar-refractivity contribution is 6.31. The second-order valence-corrected chi connectivity index (χ2v) is 6.24. The van der Waals surface area contributed by atoms with Gasteiger partial charge in [0.2, 0.25) is 5.91 Å². The highest BCUT2D eigenvalue weighted by Gasteiger charge is 2.36. The van der Waals surface area contributed by atoms with Crippen LogP contribution in [0.4, 0.5) is 0 Å². The molecule has 1 aliphatic heterocycles. The molecule has 3 N–H and O–H groups in total. The summed E-state index contributed by atoms with van der Waals surface area (Å²) in [5.74, 6) is -0.0112. The Morgan fingerprint density at radius 2 is 2.10 bits per heavy atom. The lowest BCUT2D eigenvalue weighted by Gasteiger charge is -2.38. The highest BCUT2D eigenvalue weighted by atomic mass is 35.5. The number of carbonyl (C=O) groups is 1. The van der Waals surface area contributed by atoms with Crippen LogP contribution in [0.5, 0.6) is 0 Å². The highest BCUT2D eigenvalue weighted by Crippen LogP contribution is 2.38. The van der Waals surface area contributed by atoms with E-state index in [0.717, 1.165) is 23.4 Å². The zero-order valence-corrected chi connectivity index (χ0v) is 13.2. The van der Waals surface area contributed by atoms with Crippen molar-refractivity contribution in [1.82, 2.24) is 5.32 Å². The summed E-state index contributed by atoms with van der Waals surface area (Å²) in [6, 6.07) is 7.73. The molecule has 0 aromatic heterocycles. The number of hydrogen-bond donors (Lipinski definition) is 2. The molecule has 1 aromatic carbocycles. The Morgan fingerprint density at radius 1 is 1.43 bits per heavy atom. The van der Waals surface area contributed by atoms with Crippen molar-refractivity contribution in [2.75, 3.05) is 19.8 Å². The predicted octanol–water partition coefficient (Wildman–Crippen LogP) is 2.24. The first kappa shape index (κ1) is 16.3. The summed E-state index contributed by atoms with van der Waals surface area (Å²) in [5, 5.41) is 3.77. The average Bonchev–Trinajstić information content (AvgIpc) is 2.46. The van der Waals surface area contributed by atoms with E-state index in [1.54, 1.807) is 0 Å². The average molecular weight is 311 g/mol. The van der Waals surface area contributed by atoms with Crippen molar-refractivity contribution in [3.8, 4) is 0 Å². The maximum Gasteiger partial charge on any atom is 0.221 e. The molecule has 1 fully saturated rings. The molecule has 0 bridgehead atoms. The number of hydrogen-bond acceptors (Lipinski definition) is 3. The topological polar surface area (TPSA) is 64.4 Å². The van der Waals surface area contributed by atoms with E-state index in [0.29, 0.717) is 26.2 Å². The number of nitrogens with two attached hydrogens (primary N) is 1. The maximum atomic E-state index is 11.9. The fourth-order valence-electron chi connectivity index (χ4n) is 2.83. The summed E-state index contributed by atoms with van der Waals surface area (Å²) >= 11 is 6.37. The molecule has 116 valence electrons. The van der Waals surface area contributed by atoms with E-state index in [1.807, 2.05) is 31.2 Å². The third-order valence-corrected chi connectivity index (χ3v) is 4.36. The van der Waals surface area contributed by atoms with Crippen molar-refractivity contribution in [1.29, 1.82) is 0 Å². The Labute approximate surface area is 131 Å². The summed E-state index contributed by atoms with van der Waals surface area (Å²) in [7, 11) is 0. The van der Waals surface area contributed by atoms with Gasteiger partial charge in [0, 0.05) is 42.7 Å². The zero-order chi connectivity index (χ0) is 15.3. The van der Waals surface area contributed by atoms with Gasteiger partial charge in [0.25, 0.3) is 0 Å². The second-order valence-electron chi connectivity index (χ2n) is 5.83. The Morgan fingerprint density at radius 3 is 2.71 bits per heavy atom. The first-order chi connectivity index (χ1) is 10.0. The van der Waals surface area contributed by atoms with Gasteiger partial charge in [-0.15, -0.1) is 0 Å². The second kappa shape index (κ2) is 7.25. The molecule has 2 rings (SSSR count). The van der Waals surface area contributed by atoms with E-state index in [9.17, 15) is 4.79 Å². The summed E-state index contributed by atoms with van der Waals surface area (Å²) < 4.78 is 5.48. The molecule has 1 amide bonds. The molecule has 1 saturated heterocycles. The fraction of sp³-hybridized carbons (Fsp3) is 0.562. The van der Waals surface area contributed by atoms with E-state index < -0.39 is 0 Å². The number of amides is 1. The van der Waals surface area contributed by atoms with Crippen LogP contribution in [-0.2, 0) is 14.9 Å². The first-order valence-electron chi connectivity index (χ1n) is 7.38. The number of nitrogens with one attached hydrogen (secondary N) is 1. The van der Waals surface area contributed by atoms with Gasteiger partial charge in [-0.1, -0.05) is 29.8 Å². The number of carbonyl (C=O) groups excluding carboxylic acids is 1. The zero-order valence-electron chi connectivity index (χ0n) is 12.4. The van der Waals surface area contributed by atoms with Crippen molar-refractivity contribution in [3.05, 3.63) is 34.9 Å². The van der Waals surface area contributed by atoms with Crippen molar-refractivity contribution >= 4 is 17.5 Å². The molecule has 0 radical (unpaired) electrons. The monoisotopic (exact) mass is 310 g/mol. The quantitative estimate of drug-likeness (QED) is 0.876. The van der Waals surface area contributed by atoms with Gasteiger partial charge in [0.05, 0.1) is 0 Å². The fourth-order valence-corrected chi connectivity index (χ4v) is 3.16. The van der Waals surface area contributed by atoms with Crippen LogP contribution in [0.2, 0.25) is 5.02 Å². The SMILES string of the molecule is CC(N)CC(=O)NCC1(c2ccccc2Cl)CCOCC1.